The fourth-order valence-electron chi connectivity index (χ4n) is 3.65. The number of urea groups is 1. The lowest BCUT2D eigenvalue weighted by atomic mass is 9.77. The molecule has 1 aromatic carbocycles. The van der Waals surface area contributed by atoms with E-state index in [1.54, 1.807) is 0 Å². The van der Waals surface area contributed by atoms with Crippen molar-refractivity contribution in [1.29, 1.82) is 0 Å². The van der Waals surface area contributed by atoms with Gasteiger partial charge in [0.2, 0.25) is 0 Å². The summed E-state index contributed by atoms with van der Waals surface area (Å²) in [5.41, 5.74) is 0.481. The van der Waals surface area contributed by atoms with Crippen LogP contribution in [0.25, 0.3) is 0 Å². The quantitative estimate of drug-likeness (QED) is 0.828. The maximum Gasteiger partial charge on any atom is 0.322 e. The van der Waals surface area contributed by atoms with Gasteiger partial charge >= 0.3 is 6.03 Å². The highest BCUT2D eigenvalue weighted by Gasteiger charge is 2.40. The summed E-state index contributed by atoms with van der Waals surface area (Å²) in [6.07, 6.45) is 4.40. The predicted molar refractivity (Wildman–Crippen MR) is 83.5 cm³/mol. The van der Waals surface area contributed by atoms with Gasteiger partial charge in [0.15, 0.2) is 0 Å². The normalized spacial score (nSPS) is 28.1. The second-order valence-electron chi connectivity index (χ2n) is 6.12. The van der Waals surface area contributed by atoms with Crippen molar-refractivity contribution in [2.45, 2.75) is 44.2 Å². The largest absolute Gasteiger partial charge is 0.393 e. The van der Waals surface area contributed by atoms with E-state index in [9.17, 15) is 14.3 Å². The molecule has 2 fully saturated rings. The molecule has 0 spiro atoms. The van der Waals surface area contributed by atoms with Gasteiger partial charge in [-0.25, -0.2) is 9.18 Å². The van der Waals surface area contributed by atoms with Crippen molar-refractivity contribution in [3.63, 3.8) is 0 Å². The zero-order valence-corrected chi connectivity index (χ0v) is 13.0. The molecule has 1 saturated carbocycles. The molecule has 3 atom stereocenters. The number of nitrogens with one attached hydrogen (secondary N) is 1. The third kappa shape index (κ3) is 3.06. The van der Waals surface area contributed by atoms with Crippen molar-refractivity contribution >= 4 is 23.3 Å². The third-order valence-electron chi connectivity index (χ3n) is 4.77. The first kappa shape index (κ1) is 15.6. The minimum absolute atomic E-state index is 0.0117. The fraction of sp³-hybridized carbons (Fsp3) is 0.562. The number of piperidine rings is 1. The first-order valence-electron chi connectivity index (χ1n) is 7.77. The number of fused-ring (bicyclic) bond motifs is 1. The van der Waals surface area contributed by atoms with E-state index in [1.807, 2.05) is 4.90 Å². The summed E-state index contributed by atoms with van der Waals surface area (Å²) in [6.45, 7) is 0.545. The van der Waals surface area contributed by atoms with E-state index in [0.717, 1.165) is 25.7 Å². The number of hydrogen-bond donors (Lipinski definition) is 2. The number of amides is 2. The van der Waals surface area contributed by atoms with Gasteiger partial charge in [0.1, 0.15) is 5.82 Å². The van der Waals surface area contributed by atoms with Crippen molar-refractivity contribution < 1.29 is 14.3 Å². The minimum atomic E-state index is -0.506. The fourth-order valence-corrected chi connectivity index (χ4v) is 3.83. The molecule has 1 aliphatic heterocycles. The van der Waals surface area contributed by atoms with Crippen LogP contribution < -0.4 is 5.32 Å². The van der Waals surface area contributed by atoms with Crippen LogP contribution in [-0.4, -0.2) is 34.7 Å². The lowest BCUT2D eigenvalue weighted by Crippen LogP contribution is -2.55. The number of hydrogen-bond acceptors (Lipinski definition) is 2. The van der Waals surface area contributed by atoms with Crippen molar-refractivity contribution in [3.05, 3.63) is 29.0 Å². The van der Waals surface area contributed by atoms with Crippen LogP contribution in [0.4, 0.5) is 14.9 Å². The number of nitrogens with zero attached hydrogens (tertiary/aromatic N) is 1. The molecule has 2 aliphatic rings. The number of halogens is 2. The van der Waals surface area contributed by atoms with Crippen molar-refractivity contribution in [2.24, 2.45) is 5.92 Å². The van der Waals surface area contributed by atoms with E-state index in [-0.39, 0.29) is 29.1 Å². The molecule has 22 heavy (non-hydrogen) atoms. The highest BCUT2D eigenvalue weighted by Crippen LogP contribution is 2.35. The standard InChI is InChI=1S/C16H20ClFN2O2/c17-12-9-10(5-6-13(12)18)19-16(22)20-8-7-15(21)11-3-1-2-4-14(11)20/h5-6,9,11,14-15,21H,1-4,7-8H2,(H,19,22). The molecule has 0 aromatic heterocycles. The monoisotopic (exact) mass is 326 g/mol. The van der Waals surface area contributed by atoms with E-state index >= 15 is 0 Å². The van der Waals surface area contributed by atoms with E-state index < -0.39 is 5.82 Å². The number of aliphatic hydroxyl groups excluding tert-OH is 1. The summed E-state index contributed by atoms with van der Waals surface area (Å²) in [4.78, 5) is 14.3. The minimum Gasteiger partial charge on any atom is -0.393 e. The molecule has 2 amide bonds. The molecule has 1 heterocycles. The molecule has 0 radical (unpaired) electrons. The molecule has 2 N–H and O–H groups in total. The third-order valence-corrected chi connectivity index (χ3v) is 5.06. The lowest BCUT2D eigenvalue weighted by Gasteiger charge is -2.46. The van der Waals surface area contributed by atoms with E-state index in [0.29, 0.717) is 18.7 Å². The lowest BCUT2D eigenvalue weighted by molar-refractivity contribution is -0.0158. The maximum absolute atomic E-state index is 13.2. The van der Waals surface area contributed by atoms with Crippen LogP contribution in [0.1, 0.15) is 32.1 Å². The highest BCUT2D eigenvalue weighted by atomic mass is 35.5. The molecule has 120 valence electrons. The van der Waals surface area contributed by atoms with Crippen LogP contribution in [0.3, 0.4) is 0 Å². The van der Waals surface area contributed by atoms with Crippen molar-refractivity contribution in [3.8, 4) is 0 Å². The van der Waals surface area contributed by atoms with Crippen LogP contribution in [0.5, 0.6) is 0 Å². The SMILES string of the molecule is O=C(Nc1ccc(F)c(Cl)c1)N1CCC(O)C2CCCCC21. The number of likely N-dealkylation sites (tertiary alicyclic amines) is 1. The molecule has 3 unspecified atom stereocenters. The van der Waals surface area contributed by atoms with Crippen LogP contribution >= 0.6 is 11.6 Å². The molecular weight excluding hydrogens is 307 g/mol. The van der Waals surface area contributed by atoms with Crippen LogP contribution in [0.2, 0.25) is 5.02 Å². The Hall–Kier alpha value is -1.33. The van der Waals surface area contributed by atoms with Gasteiger partial charge in [0, 0.05) is 24.2 Å². The summed E-state index contributed by atoms with van der Waals surface area (Å²) in [5, 5.41) is 12.9. The van der Waals surface area contributed by atoms with Gasteiger partial charge in [-0.3, -0.25) is 0 Å². The zero-order chi connectivity index (χ0) is 15.7. The Morgan fingerprint density at radius 1 is 1.32 bits per heavy atom. The van der Waals surface area contributed by atoms with E-state index in [2.05, 4.69) is 5.32 Å². The topological polar surface area (TPSA) is 52.6 Å². The van der Waals surface area contributed by atoms with Crippen LogP contribution in [0.15, 0.2) is 18.2 Å². The Kier molecular flexibility index (Phi) is 4.54. The average Bonchev–Trinajstić information content (AvgIpc) is 2.51. The maximum atomic E-state index is 13.2. The molecule has 3 rings (SSSR count). The van der Waals surface area contributed by atoms with Gasteiger partial charge in [0.25, 0.3) is 0 Å². The molecule has 4 nitrogen and oxygen atoms in total. The molecule has 1 aromatic rings. The van der Waals surface area contributed by atoms with Gasteiger partial charge < -0.3 is 15.3 Å². The van der Waals surface area contributed by atoms with Gasteiger partial charge in [-0.15, -0.1) is 0 Å². The van der Waals surface area contributed by atoms with Crippen LogP contribution in [-0.2, 0) is 0 Å². The molecule has 1 aliphatic carbocycles. The Morgan fingerprint density at radius 3 is 2.86 bits per heavy atom. The van der Waals surface area contributed by atoms with E-state index in [1.165, 1.54) is 18.2 Å². The number of rotatable bonds is 1. The first-order chi connectivity index (χ1) is 10.6. The Morgan fingerprint density at radius 2 is 2.09 bits per heavy atom. The summed E-state index contributed by atoms with van der Waals surface area (Å²) < 4.78 is 13.2. The number of carbonyl (C=O) groups excluding carboxylic acids is 1. The number of benzene rings is 1. The van der Waals surface area contributed by atoms with Crippen molar-refractivity contribution in [2.75, 3.05) is 11.9 Å². The van der Waals surface area contributed by atoms with Gasteiger partial charge in [0.05, 0.1) is 11.1 Å². The number of anilines is 1. The summed E-state index contributed by atoms with van der Waals surface area (Å²) in [5.74, 6) is -0.335. The predicted octanol–water partition coefficient (Wildman–Crippen LogP) is 3.64. The smallest absolute Gasteiger partial charge is 0.322 e. The summed E-state index contributed by atoms with van der Waals surface area (Å²) >= 11 is 5.74. The number of carbonyl (C=O) groups is 1. The second-order valence-corrected chi connectivity index (χ2v) is 6.53. The highest BCUT2D eigenvalue weighted by molar-refractivity contribution is 6.31. The van der Waals surface area contributed by atoms with Gasteiger partial charge in [-0.1, -0.05) is 24.4 Å². The zero-order valence-electron chi connectivity index (χ0n) is 12.3. The number of aliphatic hydroxyl groups is 1. The van der Waals surface area contributed by atoms with E-state index in [4.69, 9.17) is 11.6 Å². The Labute approximate surface area is 134 Å². The molecular formula is C16H20ClFN2O2. The van der Waals surface area contributed by atoms with Gasteiger partial charge in [-0.2, -0.15) is 0 Å². The van der Waals surface area contributed by atoms with Crippen LogP contribution in [0, 0.1) is 11.7 Å². The molecule has 1 saturated heterocycles. The summed E-state index contributed by atoms with van der Waals surface area (Å²) in [6, 6.07) is 4.03. The Balaban J connectivity index is 1.72. The summed E-state index contributed by atoms with van der Waals surface area (Å²) in [7, 11) is 0. The Bertz CT molecular complexity index is 569. The molecule has 6 heteroatoms. The average molecular weight is 327 g/mol. The van der Waals surface area contributed by atoms with Gasteiger partial charge in [-0.05, 0) is 37.5 Å². The van der Waals surface area contributed by atoms with Crippen molar-refractivity contribution in [1.82, 2.24) is 4.90 Å². The molecule has 0 bridgehead atoms. The second kappa shape index (κ2) is 6.42. The first-order valence-corrected chi connectivity index (χ1v) is 8.15.